The predicted octanol–water partition coefficient (Wildman–Crippen LogP) is -0.883. The van der Waals surface area contributed by atoms with Gasteiger partial charge in [0.15, 0.2) is 0 Å². The van der Waals surface area contributed by atoms with E-state index in [1.54, 1.807) is 18.2 Å². The van der Waals surface area contributed by atoms with Gasteiger partial charge in [0.2, 0.25) is 11.8 Å². The summed E-state index contributed by atoms with van der Waals surface area (Å²) >= 11 is 0. The molecule has 3 amide bonds. The standard InChI is InChI=1S/C11H12N4O3/c12-10(17)6-3-1-2-4-7(6)13-11(18)8-5-9(16)15-14-8/h1-4,8,14H,5H2,(H2,12,17)(H,13,18)(H,15,16). The van der Waals surface area contributed by atoms with Crippen molar-refractivity contribution in [3.05, 3.63) is 29.8 Å². The lowest BCUT2D eigenvalue weighted by molar-refractivity contribution is -0.121. The summed E-state index contributed by atoms with van der Waals surface area (Å²) in [6, 6.07) is 5.76. The van der Waals surface area contributed by atoms with Gasteiger partial charge >= 0.3 is 0 Å². The number of primary amides is 1. The molecule has 1 fully saturated rings. The van der Waals surface area contributed by atoms with Crippen molar-refractivity contribution in [2.24, 2.45) is 5.73 Å². The largest absolute Gasteiger partial charge is 0.366 e. The van der Waals surface area contributed by atoms with Crippen LogP contribution in [-0.2, 0) is 9.59 Å². The first-order valence-corrected chi connectivity index (χ1v) is 5.32. The smallest absolute Gasteiger partial charge is 0.250 e. The maximum atomic E-state index is 11.8. The first-order valence-electron chi connectivity index (χ1n) is 5.32. The molecule has 1 aliphatic rings. The molecule has 5 N–H and O–H groups in total. The van der Waals surface area contributed by atoms with Gasteiger partial charge in [0.1, 0.15) is 6.04 Å². The summed E-state index contributed by atoms with van der Waals surface area (Å²) in [5.74, 6) is -1.28. The van der Waals surface area contributed by atoms with Gasteiger partial charge in [-0.1, -0.05) is 12.1 Å². The highest BCUT2D eigenvalue weighted by atomic mass is 16.2. The minimum Gasteiger partial charge on any atom is -0.366 e. The highest BCUT2D eigenvalue weighted by Gasteiger charge is 2.28. The number of amides is 3. The summed E-state index contributed by atoms with van der Waals surface area (Å²) < 4.78 is 0. The van der Waals surface area contributed by atoms with Crippen molar-refractivity contribution < 1.29 is 14.4 Å². The van der Waals surface area contributed by atoms with Gasteiger partial charge in [-0.15, -0.1) is 0 Å². The van der Waals surface area contributed by atoms with Crippen molar-refractivity contribution in [3.63, 3.8) is 0 Å². The number of benzene rings is 1. The van der Waals surface area contributed by atoms with Crippen molar-refractivity contribution in [3.8, 4) is 0 Å². The Morgan fingerprint density at radius 1 is 1.33 bits per heavy atom. The van der Waals surface area contributed by atoms with E-state index in [1.165, 1.54) is 6.07 Å². The molecular formula is C11H12N4O3. The molecule has 7 heteroatoms. The number of nitrogens with two attached hydrogens (primary N) is 1. The molecule has 94 valence electrons. The lowest BCUT2D eigenvalue weighted by Crippen LogP contribution is -2.40. The van der Waals surface area contributed by atoms with Crippen LogP contribution in [0.25, 0.3) is 0 Å². The molecule has 0 saturated carbocycles. The predicted molar refractivity (Wildman–Crippen MR) is 63.3 cm³/mol. The van der Waals surface area contributed by atoms with E-state index in [4.69, 9.17) is 5.73 Å². The molecule has 0 aliphatic carbocycles. The molecule has 1 aromatic rings. The van der Waals surface area contributed by atoms with Crippen molar-refractivity contribution in [1.29, 1.82) is 0 Å². The number of anilines is 1. The Hall–Kier alpha value is -2.41. The Morgan fingerprint density at radius 3 is 2.67 bits per heavy atom. The third kappa shape index (κ3) is 2.46. The minimum absolute atomic E-state index is 0.0601. The molecule has 1 atom stereocenters. The monoisotopic (exact) mass is 248 g/mol. The van der Waals surface area contributed by atoms with Crippen molar-refractivity contribution in [2.75, 3.05) is 5.32 Å². The van der Waals surface area contributed by atoms with Crippen LogP contribution in [0.3, 0.4) is 0 Å². The topological polar surface area (TPSA) is 113 Å². The fourth-order valence-corrected chi connectivity index (χ4v) is 1.64. The summed E-state index contributed by atoms with van der Waals surface area (Å²) in [7, 11) is 0. The third-order valence-electron chi connectivity index (χ3n) is 2.54. The maximum Gasteiger partial charge on any atom is 0.250 e. The Labute approximate surface area is 103 Å². The van der Waals surface area contributed by atoms with Crippen LogP contribution in [0, 0.1) is 0 Å². The number of hydrazine groups is 1. The number of rotatable bonds is 3. The lowest BCUT2D eigenvalue weighted by atomic mass is 10.1. The molecule has 18 heavy (non-hydrogen) atoms. The second kappa shape index (κ2) is 4.84. The molecule has 2 rings (SSSR count). The number of carbonyl (C=O) groups excluding carboxylic acids is 3. The van der Waals surface area contributed by atoms with Crippen molar-refractivity contribution >= 4 is 23.4 Å². The Kier molecular flexibility index (Phi) is 3.24. The molecule has 0 radical (unpaired) electrons. The van der Waals surface area contributed by atoms with E-state index in [0.29, 0.717) is 5.69 Å². The molecule has 1 heterocycles. The lowest BCUT2D eigenvalue weighted by Gasteiger charge is -2.11. The first-order chi connectivity index (χ1) is 8.58. The highest BCUT2D eigenvalue weighted by Crippen LogP contribution is 2.15. The molecule has 1 aliphatic heterocycles. The van der Waals surface area contributed by atoms with Crippen LogP contribution in [0.2, 0.25) is 0 Å². The Balaban J connectivity index is 2.12. The van der Waals surface area contributed by atoms with Gasteiger partial charge < -0.3 is 11.1 Å². The Morgan fingerprint density at radius 2 is 2.06 bits per heavy atom. The third-order valence-corrected chi connectivity index (χ3v) is 2.54. The van der Waals surface area contributed by atoms with E-state index in [1.807, 2.05) is 0 Å². The average molecular weight is 248 g/mol. The second-order valence-electron chi connectivity index (χ2n) is 3.85. The van der Waals surface area contributed by atoms with Gasteiger partial charge in [-0.25, -0.2) is 5.43 Å². The number of hydrogen-bond acceptors (Lipinski definition) is 4. The highest BCUT2D eigenvalue weighted by molar-refractivity contribution is 6.05. The number of carbonyl (C=O) groups is 3. The SMILES string of the molecule is NC(=O)c1ccccc1NC(=O)C1CC(=O)NN1. The van der Waals surface area contributed by atoms with E-state index < -0.39 is 17.9 Å². The molecule has 0 bridgehead atoms. The minimum atomic E-state index is -0.654. The van der Waals surface area contributed by atoms with Crippen LogP contribution in [0.5, 0.6) is 0 Å². The van der Waals surface area contributed by atoms with Crippen LogP contribution < -0.4 is 21.9 Å². The second-order valence-corrected chi connectivity index (χ2v) is 3.85. The summed E-state index contributed by atoms with van der Waals surface area (Å²) in [4.78, 5) is 33.9. The summed E-state index contributed by atoms with van der Waals surface area (Å²) in [6.45, 7) is 0. The zero-order chi connectivity index (χ0) is 13.1. The fraction of sp³-hybridized carbons (Fsp3) is 0.182. The first kappa shape index (κ1) is 12.1. The average Bonchev–Trinajstić information content (AvgIpc) is 2.76. The number of nitrogens with one attached hydrogen (secondary N) is 3. The number of para-hydroxylation sites is 1. The van der Waals surface area contributed by atoms with Gasteiger partial charge in [-0.3, -0.25) is 19.8 Å². The molecule has 1 saturated heterocycles. The zero-order valence-corrected chi connectivity index (χ0v) is 9.40. The van der Waals surface area contributed by atoms with Gasteiger partial charge in [-0.05, 0) is 12.1 Å². The molecule has 7 nitrogen and oxygen atoms in total. The van der Waals surface area contributed by atoms with Crippen LogP contribution in [0.4, 0.5) is 5.69 Å². The molecular weight excluding hydrogens is 236 g/mol. The molecule has 0 spiro atoms. The van der Waals surface area contributed by atoms with Gasteiger partial charge in [0.05, 0.1) is 17.7 Å². The van der Waals surface area contributed by atoms with Crippen molar-refractivity contribution in [2.45, 2.75) is 12.5 Å². The maximum absolute atomic E-state index is 11.8. The van der Waals surface area contributed by atoms with Crippen LogP contribution in [0.1, 0.15) is 16.8 Å². The van der Waals surface area contributed by atoms with Crippen LogP contribution in [-0.4, -0.2) is 23.8 Å². The number of hydrogen-bond donors (Lipinski definition) is 4. The van der Waals surface area contributed by atoms with E-state index in [0.717, 1.165) is 0 Å². The van der Waals surface area contributed by atoms with E-state index in [2.05, 4.69) is 16.2 Å². The van der Waals surface area contributed by atoms with Crippen molar-refractivity contribution in [1.82, 2.24) is 10.9 Å². The summed E-state index contributed by atoms with van der Waals surface area (Å²) in [5, 5.41) is 2.56. The van der Waals surface area contributed by atoms with Gasteiger partial charge in [0.25, 0.3) is 5.91 Å². The van der Waals surface area contributed by atoms with Gasteiger partial charge in [0, 0.05) is 0 Å². The molecule has 0 aromatic heterocycles. The molecule has 1 unspecified atom stereocenters. The normalized spacial score (nSPS) is 18.2. The Bertz CT molecular complexity index is 515. The quantitative estimate of drug-likeness (QED) is 0.556. The van der Waals surface area contributed by atoms with Crippen LogP contribution >= 0.6 is 0 Å². The van der Waals surface area contributed by atoms with Crippen LogP contribution in [0.15, 0.2) is 24.3 Å². The van der Waals surface area contributed by atoms with E-state index in [-0.39, 0.29) is 17.9 Å². The fourth-order valence-electron chi connectivity index (χ4n) is 1.64. The summed E-state index contributed by atoms with van der Waals surface area (Å²) in [5.41, 5.74) is 10.6. The molecule has 1 aromatic carbocycles. The van der Waals surface area contributed by atoms with E-state index in [9.17, 15) is 14.4 Å². The summed E-state index contributed by atoms with van der Waals surface area (Å²) in [6.07, 6.45) is 0.0601. The van der Waals surface area contributed by atoms with Gasteiger partial charge in [-0.2, -0.15) is 0 Å². The van der Waals surface area contributed by atoms with E-state index >= 15 is 0 Å². The zero-order valence-electron chi connectivity index (χ0n) is 9.40.